The summed E-state index contributed by atoms with van der Waals surface area (Å²) in [5, 5.41) is 3.42. The van der Waals surface area contributed by atoms with Gasteiger partial charge < -0.3 is 14.6 Å². The van der Waals surface area contributed by atoms with Crippen LogP contribution in [0.1, 0.15) is 31.6 Å². The zero-order chi connectivity index (χ0) is 13.9. The minimum atomic E-state index is 0.0591. The van der Waals surface area contributed by atoms with E-state index in [0.29, 0.717) is 6.42 Å². The van der Waals surface area contributed by atoms with Crippen LogP contribution in [0.5, 0.6) is 0 Å². The topological polar surface area (TPSA) is 45.5 Å². The first-order valence-electron chi connectivity index (χ1n) is 6.95. The molecule has 2 aromatic rings. The average Bonchev–Trinajstić information content (AvgIpc) is 3.10. The van der Waals surface area contributed by atoms with E-state index in [1.165, 1.54) is 0 Å². The van der Waals surface area contributed by atoms with Crippen molar-refractivity contribution in [2.75, 3.05) is 16.8 Å². The summed E-state index contributed by atoms with van der Waals surface area (Å²) in [6.07, 6.45) is 3.24. The molecular weight excluding hydrogens is 252 g/mol. The van der Waals surface area contributed by atoms with Gasteiger partial charge in [0.2, 0.25) is 5.91 Å². The predicted octanol–water partition coefficient (Wildman–Crippen LogP) is 3.58. The Morgan fingerprint density at radius 3 is 2.80 bits per heavy atom. The number of carbonyl (C=O) groups excluding carboxylic acids is 1. The van der Waals surface area contributed by atoms with E-state index in [9.17, 15) is 4.79 Å². The van der Waals surface area contributed by atoms with Crippen molar-refractivity contribution >= 4 is 17.3 Å². The maximum absolute atomic E-state index is 11.9. The van der Waals surface area contributed by atoms with Crippen molar-refractivity contribution in [2.24, 2.45) is 0 Å². The second-order valence-corrected chi connectivity index (χ2v) is 5.05. The zero-order valence-corrected chi connectivity index (χ0v) is 11.5. The van der Waals surface area contributed by atoms with Crippen LogP contribution in [0.25, 0.3) is 0 Å². The molecule has 20 heavy (non-hydrogen) atoms. The number of nitrogens with one attached hydrogen (secondary N) is 1. The van der Waals surface area contributed by atoms with Crippen molar-refractivity contribution in [3.05, 3.63) is 48.4 Å². The molecule has 0 bridgehead atoms. The van der Waals surface area contributed by atoms with E-state index in [2.05, 4.69) is 5.32 Å². The van der Waals surface area contributed by atoms with Gasteiger partial charge in [-0.05, 0) is 37.6 Å². The highest BCUT2D eigenvalue weighted by Crippen LogP contribution is 2.31. The largest absolute Gasteiger partial charge is 0.467 e. The number of benzene rings is 1. The molecule has 2 heterocycles. The molecule has 1 N–H and O–H groups in total. The van der Waals surface area contributed by atoms with E-state index in [-0.39, 0.29) is 11.9 Å². The molecule has 4 heteroatoms. The minimum absolute atomic E-state index is 0.0591. The van der Waals surface area contributed by atoms with Gasteiger partial charge in [-0.3, -0.25) is 4.79 Å². The summed E-state index contributed by atoms with van der Waals surface area (Å²) in [5.41, 5.74) is 1.92. The normalized spacial score (nSPS) is 16.4. The van der Waals surface area contributed by atoms with Gasteiger partial charge in [0.25, 0.3) is 0 Å². The molecule has 1 aromatic heterocycles. The third kappa shape index (κ3) is 2.41. The number of amides is 1. The van der Waals surface area contributed by atoms with Crippen molar-refractivity contribution in [2.45, 2.75) is 25.8 Å². The monoisotopic (exact) mass is 270 g/mol. The number of hydrogen-bond acceptors (Lipinski definition) is 3. The van der Waals surface area contributed by atoms with Gasteiger partial charge in [0.1, 0.15) is 5.76 Å². The Hall–Kier alpha value is -2.23. The fourth-order valence-electron chi connectivity index (χ4n) is 2.58. The van der Waals surface area contributed by atoms with Crippen LogP contribution >= 0.6 is 0 Å². The lowest BCUT2D eigenvalue weighted by molar-refractivity contribution is -0.117. The molecule has 3 rings (SSSR count). The first-order valence-corrected chi connectivity index (χ1v) is 6.95. The van der Waals surface area contributed by atoms with Gasteiger partial charge in [0.15, 0.2) is 0 Å². The van der Waals surface area contributed by atoms with Crippen LogP contribution in [0.3, 0.4) is 0 Å². The predicted molar refractivity (Wildman–Crippen MR) is 78.8 cm³/mol. The fourth-order valence-corrected chi connectivity index (χ4v) is 2.58. The van der Waals surface area contributed by atoms with Crippen molar-refractivity contribution in [1.29, 1.82) is 0 Å². The molecular formula is C16H18N2O2. The number of furan rings is 1. The number of hydrogen-bond donors (Lipinski definition) is 1. The van der Waals surface area contributed by atoms with Gasteiger partial charge in [-0.1, -0.05) is 12.1 Å². The fraction of sp³-hybridized carbons (Fsp3) is 0.312. The molecule has 1 aliphatic heterocycles. The molecule has 0 radical (unpaired) electrons. The smallest absolute Gasteiger partial charge is 0.227 e. The summed E-state index contributed by atoms with van der Waals surface area (Å²) in [6.45, 7) is 2.84. The Kier molecular flexibility index (Phi) is 3.46. The number of rotatable bonds is 4. The SMILES string of the molecule is CC(Nc1ccccc1N1CCCC1=O)c1ccco1. The van der Waals surface area contributed by atoms with E-state index >= 15 is 0 Å². The first-order chi connectivity index (χ1) is 9.75. The molecule has 1 atom stereocenters. The summed E-state index contributed by atoms with van der Waals surface area (Å²) in [6, 6.07) is 11.8. The molecule has 1 aromatic carbocycles. The van der Waals surface area contributed by atoms with Crippen molar-refractivity contribution in [3.63, 3.8) is 0 Å². The number of carbonyl (C=O) groups is 1. The lowest BCUT2D eigenvalue weighted by Gasteiger charge is -2.22. The zero-order valence-electron chi connectivity index (χ0n) is 11.5. The highest BCUT2D eigenvalue weighted by Gasteiger charge is 2.24. The molecule has 0 saturated carbocycles. The lowest BCUT2D eigenvalue weighted by Crippen LogP contribution is -2.25. The first kappa shape index (κ1) is 12.8. The Bertz CT molecular complexity index is 592. The molecule has 1 amide bonds. The molecule has 0 spiro atoms. The van der Waals surface area contributed by atoms with Crippen molar-refractivity contribution in [1.82, 2.24) is 0 Å². The van der Waals surface area contributed by atoms with Crippen molar-refractivity contribution in [3.8, 4) is 0 Å². The van der Waals surface area contributed by atoms with Crippen LogP contribution in [-0.4, -0.2) is 12.5 Å². The van der Waals surface area contributed by atoms with E-state index in [1.807, 2.05) is 48.2 Å². The number of anilines is 2. The van der Waals surface area contributed by atoms with E-state index in [0.717, 1.165) is 30.1 Å². The van der Waals surface area contributed by atoms with Crippen molar-refractivity contribution < 1.29 is 9.21 Å². The van der Waals surface area contributed by atoms with Gasteiger partial charge >= 0.3 is 0 Å². The molecule has 1 aliphatic rings. The van der Waals surface area contributed by atoms with Crippen LogP contribution in [-0.2, 0) is 4.79 Å². The minimum Gasteiger partial charge on any atom is -0.467 e. The number of para-hydroxylation sites is 2. The van der Waals surface area contributed by atoms with Crippen LogP contribution in [0.15, 0.2) is 47.1 Å². The van der Waals surface area contributed by atoms with E-state index in [1.54, 1.807) is 6.26 Å². The summed E-state index contributed by atoms with van der Waals surface area (Å²) >= 11 is 0. The van der Waals surface area contributed by atoms with Crippen LogP contribution < -0.4 is 10.2 Å². The standard InChI is InChI=1S/C16H18N2O2/c1-12(15-8-5-11-20-15)17-13-6-2-3-7-14(13)18-10-4-9-16(18)19/h2-3,5-8,11-12,17H,4,9-10H2,1H3. The van der Waals surface area contributed by atoms with Gasteiger partial charge in [0, 0.05) is 13.0 Å². The molecule has 1 saturated heterocycles. The highest BCUT2D eigenvalue weighted by atomic mass is 16.3. The second-order valence-electron chi connectivity index (χ2n) is 5.05. The Morgan fingerprint density at radius 1 is 1.25 bits per heavy atom. The maximum Gasteiger partial charge on any atom is 0.227 e. The maximum atomic E-state index is 11.9. The lowest BCUT2D eigenvalue weighted by atomic mass is 10.2. The third-order valence-corrected chi connectivity index (χ3v) is 3.61. The molecule has 104 valence electrons. The highest BCUT2D eigenvalue weighted by molar-refractivity contribution is 5.98. The number of nitrogens with zero attached hydrogens (tertiary/aromatic N) is 1. The molecule has 1 unspecified atom stereocenters. The van der Waals surface area contributed by atoms with Crippen LogP contribution in [0, 0.1) is 0 Å². The molecule has 1 fully saturated rings. The van der Waals surface area contributed by atoms with Gasteiger partial charge in [-0.15, -0.1) is 0 Å². The van der Waals surface area contributed by atoms with Crippen LogP contribution in [0.2, 0.25) is 0 Å². The van der Waals surface area contributed by atoms with Gasteiger partial charge in [-0.2, -0.15) is 0 Å². The Morgan fingerprint density at radius 2 is 2.10 bits per heavy atom. The summed E-state index contributed by atoms with van der Waals surface area (Å²) in [4.78, 5) is 13.8. The molecule has 0 aliphatic carbocycles. The molecule has 4 nitrogen and oxygen atoms in total. The average molecular weight is 270 g/mol. The Labute approximate surface area is 118 Å². The summed E-state index contributed by atoms with van der Waals surface area (Å²) < 4.78 is 5.41. The third-order valence-electron chi connectivity index (χ3n) is 3.61. The quantitative estimate of drug-likeness (QED) is 0.923. The second kappa shape index (κ2) is 5.41. The van der Waals surface area contributed by atoms with Crippen LogP contribution in [0.4, 0.5) is 11.4 Å². The Balaban J connectivity index is 1.84. The van der Waals surface area contributed by atoms with E-state index in [4.69, 9.17) is 4.42 Å². The van der Waals surface area contributed by atoms with E-state index < -0.39 is 0 Å². The van der Waals surface area contributed by atoms with Gasteiger partial charge in [0.05, 0.1) is 23.7 Å². The summed E-state index contributed by atoms with van der Waals surface area (Å²) in [5.74, 6) is 1.08. The van der Waals surface area contributed by atoms with Gasteiger partial charge in [-0.25, -0.2) is 0 Å². The summed E-state index contributed by atoms with van der Waals surface area (Å²) in [7, 11) is 0.